The predicted octanol–water partition coefficient (Wildman–Crippen LogP) is 13.1. The standard InChI is InChI=1S/C76H133N3O22/c1-64(2,3)92-54(82)31-43-74(44-32-55(83)93-65(4,5)6,45-33-56(84)94-66(7,8)9)78-52(80)28-40-73(77,41-29-53(81)79-75(46-34-57(85)95-67(10,11)12,47-35-58(86)96-68(13,14)15)48-36-59(87)97-69(16,17)18)42-30-63(91)101-76(49-37-60(88)98-70(19,20)21,50-38-61(89)99-71(22,23)24)51-39-62(90)100-72(25,26)27/h28-51,77H2,1-27H3,(H,78,80)(H,79,81). The van der Waals surface area contributed by atoms with Crippen molar-refractivity contribution in [2.24, 2.45) is 5.73 Å². The molecule has 0 unspecified atom stereocenters. The number of nitrogens with one attached hydrogen (secondary N) is 2. The average molecular weight is 1440 g/mol. The highest BCUT2D eigenvalue weighted by Gasteiger charge is 2.42. The first-order valence-corrected chi connectivity index (χ1v) is 35.8. The van der Waals surface area contributed by atoms with Crippen LogP contribution in [-0.2, 0) is 105 Å². The van der Waals surface area contributed by atoms with Crippen LogP contribution in [0.5, 0.6) is 0 Å². The molecule has 25 nitrogen and oxygen atoms in total. The van der Waals surface area contributed by atoms with Crippen molar-refractivity contribution in [1.29, 1.82) is 0 Å². The summed E-state index contributed by atoms with van der Waals surface area (Å²) >= 11 is 0. The van der Waals surface area contributed by atoms with E-state index < -0.39 is 163 Å². The van der Waals surface area contributed by atoms with Crippen molar-refractivity contribution in [3.8, 4) is 0 Å². The lowest BCUT2D eigenvalue weighted by molar-refractivity contribution is -0.173. The summed E-state index contributed by atoms with van der Waals surface area (Å²) in [7, 11) is 0. The summed E-state index contributed by atoms with van der Waals surface area (Å²) in [6, 6.07) is 0. The fourth-order valence-electron chi connectivity index (χ4n) is 10.7. The van der Waals surface area contributed by atoms with E-state index in [-0.39, 0.29) is 135 Å². The van der Waals surface area contributed by atoms with Gasteiger partial charge in [-0.25, -0.2) is 0 Å². The largest absolute Gasteiger partial charge is 0.460 e. The third-order valence-electron chi connectivity index (χ3n) is 14.6. The molecule has 25 heteroatoms. The minimum Gasteiger partial charge on any atom is -0.460 e. The Morgan fingerprint density at radius 3 is 0.515 bits per heavy atom. The van der Waals surface area contributed by atoms with Gasteiger partial charge in [0.1, 0.15) is 56.0 Å². The van der Waals surface area contributed by atoms with Gasteiger partial charge in [-0.3, -0.25) is 57.5 Å². The zero-order valence-corrected chi connectivity index (χ0v) is 67.0. The Bertz CT molecular complexity index is 2230. The van der Waals surface area contributed by atoms with E-state index in [0.717, 1.165) is 0 Å². The van der Waals surface area contributed by atoms with Crippen LogP contribution in [0.3, 0.4) is 0 Å². The molecule has 0 atom stereocenters. The van der Waals surface area contributed by atoms with Crippen LogP contribution in [0.15, 0.2) is 0 Å². The number of esters is 10. The van der Waals surface area contributed by atoms with Crippen LogP contribution in [-0.4, -0.2) is 144 Å². The van der Waals surface area contributed by atoms with E-state index in [1.54, 1.807) is 187 Å². The number of hydrogen-bond acceptors (Lipinski definition) is 23. The molecule has 0 spiro atoms. The molecule has 4 N–H and O–H groups in total. The van der Waals surface area contributed by atoms with E-state index in [9.17, 15) is 57.5 Å². The van der Waals surface area contributed by atoms with Crippen LogP contribution in [0.1, 0.15) is 341 Å². The highest BCUT2D eigenvalue weighted by Crippen LogP contribution is 2.36. The Morgan fingerprint density at radius 2 is 0.347 bits per heavy atom. The third kappa shape index (κ3) is 49.8. The molecule has 0 saturated carbocycles. The van der Waals surface area contributed by atoms with Crippen LogP contribution >= 0.6 is 0 Å². The van der Waals surface area contributed by atoms with Gasteiger partial charge < -0.3 is 63.7 Å². The fraction of sp³-hybridized carbons (Fsp3) is 0.842. The summed E-state index contributed by atoms with van der Waals surface area (Å²) in [5.41, 5.74) is -6.97. The van der Waals surface area contributed by atoms with Crippen LogP contribution < -0.4 is 16.4 Å². The van der Waals surface area contributed by atoms with E-state index >= 15 is 0 Å². The van der Waals surface area contributed by atoms with Crippen LogP contribution in [0.4, 0.5) is 0 Å². The molecule has 0 rings (SSSR count). The molecular formula is C76H133N3O22. The molecule has 584 valence electrons. The molecule has 101 heavy (non-hydrogen) atoms. The summed E-state index contributed by atoms with van der Waals surface area (Å²) in [5.74, 6) is -7.93. The Labute approximate surface area is 604 Å². The number of rotatable bonds is 39. The van der Waals surface area contributed by atoms with Crippen molar-refractivity contribution in [3.63, 3.8) is 0 Å². The average Bonchev–Trinajstić information content (AvgIpc) is 0.842. The van der Waals surface area contributed by atoms with Gasteiger partial charge in [0.15, 0.2) is 0 Å². The molecule has 0 aromatic carbocycles. The minimum absolute atomic E-state index is 0.117. The predicted molar refractivity (Wildman–Crippen MR) is 381 cm³/mol. The Kier molecular flexibility index (Phi) is 36.5. The van der Waals surface area contributed by atoms with Crippen molar-refractivity contribution in [2.45, 2.75) is 414 Å². The smallest absolute Gasteiger partial charge is 0.306 e. The van der Waals surface area contributed by atoms with Gasteiger partial charge >= 0.3 is 59.7 Å². The first-order valence-electron chi connectivity index (χ1n) is 35.8. The van der Waals surface area contributed by atoms with Crippen molar-refractivity contribution in [1.82, 2.24) is 10.6 Å². The molecule has 0 aliphatic heterocycles. The highest BCUT2D eigenvalue weighted by atomic mass is 16.6. The van der Waals surface area contributed by atoms with E-state index in [1.165, 1.54) is 0 Å². The Morgan fingerprint density at radius 1 is 0.208 bits per heavy atom. The monoisotopic (exact) mass is 1440 g/mol. The van der Waals surface area contributed by atoms with Crippen molar-refractivity contribution < 1.29 is 105 Å². The molecule has 0 aromatic heterocycles. The maximum atomic E-state index is 14.9. The number of carbonyl (C=O) groups is 12. The highest BCUT2D eigenvalue weighted by molar-refractivity contribution is 5.80. The summed E-state index contributed by atoms with van der Waals surface area (Å²) in [6.07, 6.45) is -6.06. The molecule has 0 radical (unpaired) electrons. The second-order valence-corrected chi connectivity index (χ2v) is 36.0. The summed E-state index contributed by atoms with van der Waals surface area (Å²) in [5, 5.41) is 6.11. The third-order valence-corrected chi connectivity index (χ3v) is 14.6. The number of nitrogens with two attached hydrogens (primary N) is 1. The van der Waals surface area contributed by atoms with E-state index in [0.29, 0.717) is 0 Å². The number of hydrogen-bond donors (Lipinski definition) is 3. The van der Waals surface area contributed by atoms with Crippen molar-refractivity contribution in [2.75, 3.05) is 0 Å². The fourth-order valence-corrected chi connectivity index (χ4v) is 10.7. The van der Waals surface area contributed by atoms with Gasteiger partial charge in [-0.15, -0.1) is 0 Å². The molecular weight excluding hydrogens is 1310 g/mol. The Balaban J connectivity index is 8.47. The molecule has 0 fully saturated rings. The SMILES string of the molecule is CC(C)(C)OC(=O)CCC(CCC(=O)OC(C)(C)C)(CCC(=O)OC(C)(C)C)NC(=O)CCC(N)(CCC(=O)NC(CCC(=O)OC(C)(C)C)(CCC(=O)OC(C)(C)C)CCC(=O)OC(C)(C)C)CCC(=O)OC(CCC(=O)OC(C)(C)C)(CCC(=O)OC(C)(C)C)CCC(=O)OC(C)(C)C. The van der Waals surface area contributed by atoms with Crippen LogP contribution in [0, 0.1) is 0 Å². The lowest BCUT2D eigenvalue weighted by atomic mass is 9.81. The molecule has 0 aliphatic carbocycles. The quantitative estimate of drug-likeness (QED) is 0.0380. The van der Waals surface area contributed by atoms with Gasteiger partial charge in [-0.05, 0) is 264 Å². The van der Waals surface area contributed by atoms with Gasteiger partial charge in [0.05, 0.1) is 0 Å². The number of ether oxygens (including phenoxy) is 10. The van der Waals surface area contributed by atoms with E-state index in [2.05, 4.69) is 10.6 Å². The maximum Gasteiger partial charge on any atom is 0.306 e. The first-order chi connectivity index (χ1) is 45.2. The lowest BCUT2D eigenvalue weighted by Crippen LogP contribution is -2.51. The van der Waals surface area contributed by atoms with Crippen LogP contribution in [0.25, 0.3) is 0 Å². The molecule has 0 saturated heterocycles. The normalized spacial score (nSPS) is 13.2. The van der Waals surface area contributed by atoms with Crippen LogP contribution in [0.2, 0.25) is 0 Å². The topological polar surface area (TPSA) is 347 Å². The molecule has 0 heterocycles. The second kappa shape index (κ2) is 38.9. The second-order valence-electron chi connectivity index (χ2n) is 36.0. The molecule has 0 aromatic rings. The molecule has 0 aliphatic rings. The summed E-state index contributed by atoms with van der Waals surface area (Å²) in [4.78, 5) is 166. The first kappa shape index (κ1) is 94.6. The van der Waals surface area contributed by atoms with Crippen molar-refractivity contribution >= 4 is 71.5 Å². The number of carbonyl (C=O) groups excluding carboxylic acids is 12. The zero-order valence-electron chi connectivity index (χ0n) is 67.0. The summed E-state index contributed by atoms with van der Waals surface area (Å²) < 4.78 is 57.4. The van der Waals surface area contributed by atoms with E-state index in [4.69, 9.17) is 53.1 Å². The van der Waals surface area contributed by atoms with Gasteiger partial charge in [0.2, 0.25) is 11.8 Å². The zero-order chi connectivity index (χ0) is 78.9. The van der Waals surface area contributed by atoms with Gasteiger partial charge in [0, 0.05) is 93.7 Å². The van der Waals surface area contributed by atoms with Crippen molar-refractivity contribution in [3.05, 3.63) is 0 Å². The Hall–Kier alpha value is -6.40. The molecule has 2 amide bonds. The number of amides is 2. The molecule has 0 bridgehead atoms. The van der Waals surface area contributed by atoms with E-state index in [1.807, 2.05) is 0 Å². The van der Waals surface area contributed by atoms with Gasteiger partial charge in [-0.1, -0.05) is 0 Å². The van der Waals surface area contributed by atoms with Gasteiger partial charge in [0.25, 0.3) is 0 Å². The minimum atomic E-state index is -1.71. The summed E-state index contributed by atoms with van der Waals surface area (Å²) in [6.45, 7) is 45.6. The lowest BCUT2D eigenvalue weighted by Gasteiger charge is -2.37. The van der Waals surface area contributed by atoms with Gasteiger partial charge in [-0.2, -0.15) is 0 Å². The maximum absolute atomic E-state index is 14.9.